The second-order valence-electron chi connectivity index (χ2n) is 10.5. The lowest BCUT2D eigenvalue weighted by Gasteiger charge is -2.28. The SMILES string of the molecule is COc1ccc(Oc2ccc(N3C(=S)N[C@@H](c4ccccn4)[C@@H]3c3cc(C)n(-c4ccc(OC)cc4[N+](=O)[O-])c3C)cc2)cc1. The molecule has 0 radical (unpaired) electrons. The molecule has 2 aromatic heterocycles. The molecule has 0 amide bonds. The smallest absolute Gasteiger partial charge is 0.296 e. The molecule has 5 aromatic rings. The Morgan fingerprint density at radius 1 is 0.867 bits per heavy atom. The summed E-state index contributed by atoms with van der Waals surface area (Å²) >= 11 is 5.93. The molecule has 10 nitrogen and oxygen atoms in total. The Hall–Kier alpha value is -5.42. The van der Waals surface area contributed by atoms with Crippen molar-refractivity contribution in [1.82, 2.24) is 14.9 Å². The van der Waals surface area contributed by atoms with Gasteiger partial charge in [0.25, 0.3) is 5.69 Å². The standard InChI is InChI=1S/C34H31N5O5S/c1-21-19-28(22(2)37(21)30-17-16-27(43-4)20-31(30)39(40)41)33-32(29-7-5-6-18-35-29)36-34(45)38(33)23-8-10-25(11-9-23)44-26-14-12-24(42-3)13-15-26/h5-20,32-33H,1-4H3,(H,36,45)/t32-,33-/m0/s1. The van der Waals surface area contributed by atoms with Crippen molar-refractivity contribution in [2.24, 2.45) is 0 Å². The summed E-state index contributed by atoms with van der Waals surface area (Å²) in [5, 5.41) is 16.1. The van der Waals surface area contributed by atoms with E-state index >= 15 is 0 Å². The number of rotatable bonds is 9. The van der Waals surface area contributed by atoms with Crippen LogP contribution in [0.5, 0.6) is 23.0 Å². The first-order chi connectivity index (χ1) is 21.8. The molecule has 0 unspecified atom stereocenters. The van der Waals surface area contributed by atoms with Crippen LogP contribution in [0, 0.1) is 24.0 Å². The minimum absolute atomic E-state index is 0.0478. The molecule has 1 saturated heterocycles. The van der Waals surface area contributed by atoms with Crippen molar-refractivity contribution in [3.63, 3.8) is 0 Å². The highest BCUT2D eigenvalue weighted by molar-refractivity contribution is 7.80. The van der Waals surface area contributed by atoms with Gasteiger partial charge in [0.2, 0.25) is 0 Å². The molecule has 0 spiro atoms. The highest BCUT2D eigenvalue weighted by Crippen LogP contribution is 2.45. The topological polar surface area (TPSA) is 104 Å². The fraction of sp³-hybridized carbons (Fsp3) is 0.176. The van der Waals surface area contributed by atoms with Gasteiger partial charge >= 0.3 is 0 Å². The maximum absolute atomic E-state index is 12.1. The molecule has 0 saturated carbocycles. The molecule has 1 aliphatic rings. The highest BCUT2D eigenvalue weighted by atomic mass is 32.1. The molecule has 6 rings (SSSR count). The Labute approximate surface area is 266 Å². The molecule has 3 heterocycles. The molecule has 0 bridgehead atoms. The van der Waals surface area contributed by atoms with Crippen molar-refractivity contribution >= 4 is 28.7 Å². The van der Waals surface area contributed by atoms with Gasteiger partial charge in [0.1, 0.15) is 28.7 Å². The normalized spacial score (nSPS) is 15.9. The minimum atomic E-state index is -0.388. The zero-order chi connectivity index (χ0) is 31.7. The van der Waals surface area contributed by atoms with Crippen LogP contribution in [-0.4, -0.2) is 33.8 Å². The molecular formula is C34H31N5O5S. The first-order valence-electron chi connectivity index (χ1n) is 14.2. The zero-order valence-corrected chi connectivity index (χ0v) is 25.9. The molecule has 1 aliphatic heterocycles. The van der Waals surface area contributed by atoms with Crippen molar-refractivity contribution in [2.75, 3.05) is 19.1 Å². The number of nitro groups is 1. The number of nitrogens with one attached hydrogen (secondary N) is 1. The van der Waals surface area contributed by atoms with E-state index in [1.807, 2.05) is 85.1 Å². The largest absolute Gasteiger partial charge is 0.497 e. The first kappa shape index (κ1) is 29.6. The van der Waals surface area contributed by atoms with E-state index in [0.29, 0.717) is 28.0 Å². The van der Waals surface area contributed by atoms with Crippen molar-refractivity contribution in [3.05, 3.63) is 130 Å². The van der Waals surface area contributed by atoms with Crippen LogP contribution in [0.1, 0.15) is 34.7 Å². The summed E-state index contributed by atoms with van der Waals surface area (Å²) in [5.74, 6) is 2.53. The van der Waals surface area contributed by atoms with E-state index in [0.717, 1.165) is 34.1 Å². The van der Waals surface area contributed by atoms with Crippen LogP contribution in [0.4, 0.5) is 11.4 Å². The van der Waals surface area contributed by atoms with E-state index in [-0.39, 0.29) is 22.7 Å². The van der Waals surface area contributed by atoms with E-state index in [9.17, 15) is 10.1 Å². The molecule has 3 aromatic carbocycles. The highest BCUT2D eigenvalue weighted by Gasteiger charge is 2.42. The number of methoxy groups -OCH3 is 2. The van der Waals surface area contributed by atoms with Crippen LogP contribution in [0.2, 0.25) is 0 Å². The number of aromatic nitrogens is 2. The fourth-order valence-electron chi connectivity index (χ4n) is 5.83. The second-order valence-corrected chi connectivity index (χ2v) is 10.9. The summed E-state index contributed by atoms with van der Waals surface area (Å²) in [7, 11) is 3.11. The van der Waals surface area contributed by atoms with E-state index in [2.05, 4.69) is 21.3 Å². The van der Waals surface area contributed by atoms with E-state index in [1.165, 1.54) is 13.2 Å². The van der Waals surface area contributed by atoms with Gasteiger partial charge in [0.05, 0.1) is 43.0 Å². The quantitative estimate of drug-likeness (QED) is 0.103. The van der Waals surface area contributed by atoms with Crippen LogP contribution >= 0.6 is 12.2 Å². The Kier molecular flexibility index (Phi) is 8.10. The number of ether oxygens (including phenoxy) is 3. The van der Waals surface area contributed by atoms with Gasteiger partial charge in [-0.1, -0.05) is 6.07 Å². The average molecular weight is 622 g/mol. The third-order valence-corrected chi connectivity index (χ3v) is 8.23. The van der Waals surface area contributed by atoms with Crippen molar-refractivity contribution < 1.29 is 19.1 Å². The third kappa shape index (κ3) is 5.65. The summed E-state index contributed by atoms with van der Waals surface area (Å²) < 4.78 is 18.5. The lowest BCUT2D eigenvalue weighted by molar-refractivity contribution is -0.384. The maximum atomic E-state index is 12.1. The molecular weight excluding hydrogens is 590 g/mol. The van der Waals surface area contributed by atoms with Crippen molar-refractivity contribution in [1.29, 1.82) is 0 Å². The van der Waals surface area contributed by atoms with Crippen molar-refractivity contribution in [3.8, 4) is 28.7 Å². The molecule has 1 fully saturated rings. The van der Waals surface area contributed by atoms with E-state index in [4.69, 9.17) is 26.4 Å². The van der Waals surface area contributed by atoms with Gasteiger partial charge in [-0.05, 0) is 110 Å². The molecule has 45 heavy (non-hydrogen) atoms. The number of nitro benzene ring substituents is 1. The maximum Gasteiger partial charge on any atom is 0.296 e. The summed E-state index contributed by atoms with van der Waals surface area (Å²) in [5.41, 5.74) is 4.74. The lowest BCUT2D eigenvalue weighted by Crippen LogP contribution is -2.29. The number of nitrogens with zero attached hydrogens (tertiary/aromatic N) is 4. The number of hydrogen-bond acceptors (Lipinski definition) is 7. The van der Waals surface area contributed by atoms with Gasteiger partial charge in [-0.15, -0.1) is 0 Å². The Morgan fingerprint density at radius 2 is 1.51 bits per heavy atom. The second kappa shape index (κ2) is 12.3. The predicted molar refractivity (Wildman–Crippen MR) is 176 cm³/mol. The van der Waals surface area contributed by atoms with E-state index in [1.54, 1.807) is 25.4 Å². The summed E-state index contributed by atoms with van der Waals surface area (Å²) in [6.45, 7) is 3.91. The van der Waals surface area contributed by atoms with Gasteiger partial charge < -0.3 is 29.0 Å². The zero-order valence-electron chi connectivity index (χ0n) is 25.1. The molecule has 2 atom stereocenters. The number of thiocarbonyl (C=S) groups is 1. The van der Waals surface area contributed by atoms with E-state index < -0.39 is 0 Å². The fourth-order valence-corrected chi connectivity index (χ4v) is 6.17. The number of anilines is 1. The van der Waals surface area contributed by atoms with Gasteiger partial charge in [-0.3, -0.25) is 15.1 Å². The van der Waals surface area contributed by atoms with Crippen molar-refractivity contribution in [2.45, 2.75) is 25.9 Å². The Balaban J connectivity index is 1.41. The number of benzene rings is 3. The average Bonchev–Trinajstić information content (AvgIpc) is 3.56. The summed E-state index contributed by atoms with van der Waals surface area (Å²) in [6.07, 6.45) is 1.76. The summed E-state index contributed by atoms with van der Waals surface area (Å²) in [4.78, 5) is 18.5. The molecule has 228 valence electrons. The molecule has 1 N–H and O–H groups in total. The van der Waals surface area contributed by atoms with Gasteiger partial charge in [0.15, 0.2) is 5.11 Å². The minimum Gasteiger partial charge on any atom is -0.497 e. The molecule has 0 aliphatic carbocycles. The van der Waals surface area contributed by atoms with Crippen LogP contribution in [0.3, 0.4) is 0 Å². The predicted octanol–water partition coefficient (Wildman–Crippen LogP) is 7.38. The van der Waals surface area contributed by atoms with Crippen LogP contribution in [0.25, 0.3) is 5.69 Å². The van der Waals surface area contributed by atoms with Gasteiger partial charge in [-0.25, -0.2) is 0 Å². The third-order valence-electron chi connectivity index (χ3n) is 7.92. The Morgan fingerprint density at radius 3 is 2.13 bits per heavy atom. The Bertz CT molecular complexity index is 1860. The van der Waals surface area contributed by atoms with Gasteiger partial charge in [0, 0.05) is 23.3 Å². The van der Waals surface area contributed by atoms with Gasteiger partial charge in [-0.2, -0.15) is 0 Å². The monoisotopic (exact) mass is 621 g/mol. The van der Waals surface area contributed by atoms with Crippen LogP contribution in [0.15, 0.2) is 97.2 Å². The number of pyridine rings is 1. The first-order valence-corrected chi connectivity index (χ1v) is 14.6. The number of hydrogen-bond donors (Lipinski definition) is 1. The van der Waals surface area contributed by atoms with Crippen LogP contribution in [-0.2, 0) is 0 Å². The lowest BCUT2D eigenvalue weighted by atomic mass is 9.96. The molecule has 11 heteroatoms. The summed E-state index contributed by atoms with van der Waals surface area (Å²) in [6, 6.07) is 27.3. The van der Waals surface area contributed by atoms with Crippen LogP contribution < -0.4 is 24.4 Å². The number of aryl methyl sites for hydroxylation is 1.